The first kappa shape index (κ1) is 18.2. The average molecular weight is 333 g/mol. The Morgan fingerprint density at radius 3 is 2.42 bits per heavy atom. The van der Waals surface area contributed by atoms with Crippen LogP contribution < -0.4 is 14.8 Å². The Labute approximate surface area is 142 Å². The van der Waals surface area contributed by atoms with Crippen LogP contribution in [0.4, 0.5) is 4.39 Å². The lowest BCUT2D eigenvalue weighted by Crippen LogP contribution is -2.27. The molecule has 0 spiro atoms. The van der Waals surface area contributed by atoms with Gasteiger partial charge < -0.3 is 19.9 Å². The van der Waals surface area contributed by atoms with Gasteiger partial charge in [-0.3, -0.25) is 0 Å². The molecule has 0 saturated carbocycles. The number of aliphatic hydroxyl groups excluding tert-OH is 1. The smallest absolute Gasteiger partial charge is 0.160 e. The van der Waals surface area contributed by atoms with Gasteiger partial charge in [0.05, 0.1) is 20.8 Å². The van der Waals surface area contributed by atoms with Crippen LogP contribution in [-0.2, 0) is 19.6 Å². The number of benzene rings is 2. The summed E-state index contributed by atoms with van der Waals surface area (Å²) < 4.78 is 23.9. The summed E-state index contributed by atoms with van der Waals surface area (Å²) in [5, 5.41) is 12.5. The molecule has 0 aliphatic heterocycles. The van der Waals surface area contributed by atoms with Crippen molar-refractivity contribution in [3.63, 3.8) is 0 Å². The highest BCUT2D eigenvalue weighted by Gasteiger charge is 2.09. The first-order valence-electron chi connectivity index (χ1n) is 7.89. The SMILES string of the molecule is COc1ccc(CC(C)NCc2ccc(F)c(CO)c2)cc1OC. The van der Waals surface area contributed by atoms with E-state index >= 15 is 0 Å². The van der Waals surface area contributed by atoms with Crippen molar-refractivity contribution in [3.8, 4) is 11.5 Å². The minimum Gasteiger partial charge on any atom is -0.493 e. The van der Waals surface area contributed by atoms with Gasteiger partial charge >= 0.3 is 0 Å². The van der Waals surface area contributed by atoms with Crippen molar-refractivity contribution in [2.45, 2.75) is 32.5 Å². The van der Waals surface area contributed by atoms with E-state index in [4.69, 9.17) is 14.6 Å². The standard InChI is InChI=1S/C19H24FNO3/c1-13(8-14-5-7-18(23-2)19(10-14)24-3)21-11-15-4-6-17(20)16(9-15)12-22/h4-7,9-10,13,21-22H,8,11-12H2,1-3H3. The van der Waals surface area contributed by atoms with Gasteiger partial charge in [-0.15, -0.1) is 0 Å². The van der Waals surface area contributed by atoms with Gasteiger partial charge in [0, 0.05) is 18.2 Å². The molecule has 0 amide bonds. The molecule has 0 aliphatic rings. The summed E-state index contributed by atoms with van der Waals surface area (Å²) in [6.45, 7) is 2.41. The van der Waals surface area contributed by atoms with E-state index in [0.29, 0.717) is 23.6 Å². The number of ether oxygens (including phenoxy) is 2. The van der Waals surface area contributed by atoms with E-state index in [1.54, 1.807) is 26.4 Å². The van der Waals surface area contributed by atoms with Crippen molar-refractivity contribution >= 4 is 0 Å². The van der Waals surface area contributed by atoms with Crippen LogP contribution in [0.3, 0.4) is 0 Å². The van der Waals surface area contributed by atoms with Crippen LogP contribution in [0.5, 0.6) is 11.5 Å². The Hall–Kier alpha value is -2.11. The van der Waals surface area contributed by atoms with Crippen molar-refractivity contribution in [2.75, 3.05) is 14.2 Å². The zero-order valence-corrected chi connectivity index (χ0v) is 14.3. The summed E-state index contributed by atoms with van der Waals surface area (Å²) >= 11 is 0. The Morgan fingerprint density at radius 2 is 1.75 bits per heavy atom. The zero-order chi connectivity index (χ0) is 17.5. The monoisotopic (exact) mass is 333 g/mol. The molecule has 4 nitrogen and oxygen atoms in total. The number of hydrogen-bond donors (Lipinski definition) is 2. The largest absolute Gasteiger partial charge is 0.493 e. The molecule has 2 aromatic rings. The van der Waals surface area contributed by atoms with Gasteiger partial charge in [0.15, 0.2) is 11.5 Å². The molecule has 24 heavy (non-hydrogen) atoms. The topological polar surface area (TPSA) is 50.7 Å². The highest BCUT2D eigenvalue weighted by atomic mass is 19.1. The molecular formula is C19H24FNO3. The number of nitrogens with one attached hydrogen (secondary N) is 1. The van der Waals surface area contributed by atoms with Crippen molar-refractivity contribution in [3.05, 3.63) is 58.9 Å². The maximum absolute atomic E-state index is 13.4. The average Bonchev–Trinajstić information content (AvgIpc) is 2.60. The molecule has 0 aliphatic carbocycles. The van der Waals surface area contributed by atoms with Crippen molar-refractivity contribution < 1.29 is 19.0 Å². The third-order valence-electron chi connectivity index (χ3n) is 3.92. The summed E-state index contributed by atoms with van der Waals surface area (Å²) in [5.74, 6) is 1.05. The number of hydrogen-bond acceptors (Lipinski definition) is 4. The van der Waals surface area contributed by atoms with Crippen molar-refractivity contribution in [1.82, 2.24) is 5.32 Å². The third-order valence-corrected chi connectivity index (χ3v) is 3.92. The molecule has 5 heteroatoms. The van der Waals surface area contributed by atoms with Gasteiger partial charge in [-0.05, 0) is 48.7 Å². The summed E-state index contributed by atoms with van der Waals surface area (Å²) in [6.07, 6.45) is 0.828. The molecule has 0 aromatic heterocycles. The first-order chi connectivity index (χ1) is 11.6. The molecule has 1 atom stereocenters. The third kappa shape index (κ3) is 4.69. The van der Waals surface area contributed by atoms with Gasteiger partial charge in [0.1, 0.15) is 5.82 Å². The molecule has 0 bridgehead atoms. The van der Waals surface area contributed by atoms with Gasteiger partial charge in [0.2, 0.25) is 0 Å². The normalized spacial score (nSPS) is 12.0. The van der Waals surface area contributed by atoms with E-state index < -0.39 is 0 Å². The summed E-state index contributed by atoms with van der Waals surface area (Å²) in [4.78, 5) is 0. The van der Waals surface area contributed by atoms with Gasteiger partial charge in [-0.1, -0.05) is 12.1 Å². The minimum atomic E-state index is -0.375. The summed E-state index contributed by atoms with van der Waals surface area (Å²) in [6, 6.07) is 10.9. The van der Waals surface area contributed by atoms with E-state index in [0.717, 1.165) is 17.5 Å². The molecule has 0 fully saturated rings. The van der Waals surface area contributed by atoms with Crippen molar-refractivity contribution in [2.24, 2.45) is 0 Å². The second-order valence-corrected chi connectivity index (χ2v) is 5.76. The van der Waals surface area contributed by atoms with E-state index in [2.05, 4.69) is 12.2 Å². The Bertz CT molecular complexity index is 676. The van der Waals surface area contributed by atoms with E-state index in [1.165, 1.54) is 6.07 Å². The lowest BCUT2D eigenvalue weighted by molar-refractivity contribution is 0.275. The van der Waals surface area contributed by atoms with Crippen LogP contribution in [0, 0.1) is 5.82 Å². The first-order valence-corrected chi connectivity index (χ1v) is 7.89. The molecule has 0 radical (unpaired) electrons. The molecule has 2 N–H and O–H groups in total. The van der Waals surface area contributed by atoms with Crippen LogP contribution in [0.25, 0.3) is 0 Å². The van der Waals surface area contributed by atoms with Crippen LogP contribution in [0.15, 0.2) is 36.4 Å². The van der Waals surface area contributed by atoms with Crippen LogP contribution in [0.2, 0.25) is 0 Å². The Balaban J connectivity index is 1.95. The van der Waals surface area contributed by atoms with Crippen LogP contribution >= 0.6 is 0 Å². The number of rotatable bonds is 8. The fourth-order valence-electron chi connectivity index (χ4n) is 2.58. The second-order valence-electron chi connectivity index (χ2n) is 5.76. The molecule has 0 heterocycles. The lowest BCUT2D eigenvalue weighted by Gasteiger charge is -2.16. The molecule has 130 valence electrons. The molecule has 1 unspecified atom stereocenters. The molecule has 2 aromatic carbocycles. The number of aliphatic hydroxyl groups is 1. The highest BCUT2D eigenvalue weighted by molar-refractivity contribution is 5.43. The number of methoxy groups -OCH3 is 2. The Morgan fingerprint density at radius 1 is 1.04 bits per heavy atom. The predicted molar refractivity (Wildman–Crippen MR) is 91.9 cm³/mol. The summed E-state index contributed by atoms with van der Waals surface area (Å²) in [7, 11) is 3.24. The van der Waals surface area contributed by atoms with Crippen molar-refractivity contribution in [1.29, 1.82) is 0 Å². The van der Waals surface area contributed by atoms with E-state index in [-0.39, 0.29) is 18.5 Å². The van der Waals surface area contributed by atoms with Gasteiger partial charge in [0.25, 0.3) is 0 Å². The maximum atomic E-state index is 13.4. The fourth-order valence-corrected chi connectivity index (χ4v) is 2.58. The van der Waals surface area contributed by atoms with Gasteiger partial charge in [-0.2, -0.15) is 0 Å². The number of halogens is 1. The van der Waals surface area contributed by atoms with Gasteiger partial charge in [-0.25, -0.2) is 4.39 Å². The van der Waals surface area contributed by atoms with E-state index in [1.807, 2.05) is 18.2 Å². The quantitative estimate of drug-likeness (QED) is 0.780. The lowest BCUT2D eigenvalue weighted by atomic mass is 10.1. The van der Waals surface area contributed by atoms with Crippen LogP contribution in [0.1, 0.15) is 23.6 Å². The Kier molecular flexibility index (Phi) is 6.58. The second kappa shape index (κ2) is 8.66. The molecule has 0 saturated heterocycles. The fraction of sp³-hybridized carbons (Fsp3) is 0.368. The highest BCUT2D eigenvalue weighted by Crippen LogP contribution is 2.28. The van der Waals surface area contributed by atoms with E-state index in [9.17, 15) is 4.39 Å². The molecule has 2 rings (SSSR count). The molecular weight excluding hydrogens is 309 g/mol. The van der Waals surface area contributed by atoms with Crippen LogP contribution in [-0.4, -0.2) is 25.4 Å². The summed E-state index contributed by atoms with van der Waals surface area (Å²) in [5.41, 5.74) is 2.41. The zero-order valence-electron chi connectivity index (χ0n) is 14.3. The minimum absolute atomic E-state index is 0.228. The predicted octanol–water partition coefficient (Wildman–Crippen LogP) is 3.06. The maximum Gasteiger partial charge on any atom is 0.160 e.